The van der Waals surface area contributed by atoms with Gasteiger partial charge in [-0.2, -0.15) is 0 Å². The highest BCUT2D eigenvalue weighted by Gasteiger charge is 2.20. The predicted octanol–water partition coefficient (Wildman–Crippen LogP) is 4.01. The number of halogens is 1. The topological polar surface area (TPSA) is 30.5 Å². The molecule has 4 heteroatoms. The second-order valence-electron chi connectivity index (χ2n) is 4.62. The minimum atomic E-state index is 0.0770. The monoisotopic (exact) mass is 397 g/mol. The molecule has 1 unspecified atom stereocenters. The summed E-state index contributed by atoms with van der Waals surface area (Å²) in [5, 5.41) is 3.54. The molecule has 0 aliphatic rings. The van der Waals surface area contributed by atoms with Crippen molar-refractivity contribution >= 4 is 22.6 Å². The van der Waals surface area contributed by atoms with E-state index in [0.29, 0.717) is 0 Å². The Morgan fingerprint density at radius 3 is 2.43 bits per heavy atom. The summed E-state index contributed by atoms with van der Waals surface area (Å²) in [7, 11) is 3.38. The smallest absolute Gasteiger partial charge is 0.124 e. The van der Waals surface area contributed by atoms with E-state index in [1.165, 1.54) is 9.13 Å². The summed E-state index contributed by atoms with van der Waals surface area (Å²) in [4.78, 5) is 0. The molecule has 0 bridgehead atoms. The van der Waals surface area contributed by atoms with Crippen molar-refractivity contribution in [3.63, 3.8) is 0 Å². The minimum Gasteiger partial charge on any atom is -0.497 e. The Kier molecular flexibility index (Phi) is 5.87. The average molecular weight is 397 g/mol. The molecule has 0 saturated heterocycles. The Morgan fingerprint density at radius 2 is 1.81 bits per heavy atom. The van der Waals surface area contributed by atoms with Gasteiger partial charge in [-0.3, -0.25) is 0 Å². The lowest BCUT2D eigenvalue weighted by atomic mass is 9.97. The zero-order valence-corrected chi connectivity index (χ0v) is 14.7. The SMILES string of the molecule is CCNC(c1ccccc1I)c1cc(OC)ccc1OC. The molecule has 0 saturated carbocycles. The molecule has 21 heavy (non-hydrogen) atoms. The van der Waals surface area contributed by atoms with E-state index in [2.05, 4.69) is 59.1 Å². The van der Waals surface area contributed by atoms with E-state index in [0.717, 1.165) is 23.6 Å². The van der Waals surface area contributed by atoms with Crippen molar-refractivity contribution in [1.29, 1.82) is 0 Å². The first-order valence-corrected chi connectivity index (χ1v) is 7.98. The van der Waals surface area contributed by atoms with Crippen LogP contribution in [0.5, 0.6) is 11.5 Å². The summed E-state index contributed by atoms with van der Waals surface area (Å²) in [6.45, 7) is 2.98. The lowest BCUT2D eigenvalue weighted by Crippen LogP contribution is -2.23. The van der Waals surface area contributed by atoms with Crippen molar-refractivity contribution < 1.29 is 9.47 Å². The van der Waals surface area contributed by atoms with Crippen LogP contribution in [0.2, 0.25) is 0 Å². The summed E-state index contributed by atoms with van der Waals surface area (Å²) >= 11 is 2.37. The molecule has 2 aromatic carbocycles. The number of hydrogen-bond donors (Lipinski definition) is 1. The van der Waals surface area contributed by atoms with E-state index in [1.807, 2.05) is 18.2 Å². The number of rotatable bonds is 6. The molecule has 3 nitrogen and oxygen atoms in total. The minimum absolute atomic E-state index is 0.0770. The van der Waals surface area contributed by atoms with E-state index >= 15 is 0 Å². The van der Waals surface area contributed by atoms with Crippen LogP contribution in [0.3, 0.4) is 0 Å². The first kappa shape index (κ1) is 16.1. The number of methoxy groups -OCH3 is 2. The highest BCUT2D eigenvalue weighted by Crippen LogP contribution is 2.34. The molecule has 0 fully saturated rings. The van der Waals surface area contributed by atoms with E-state index in [-0.39, 0.29) is 6.04 Å². The van der Waals surface area contributed by atoms with Crippen LogP contribution >= 0.6 is 22.6 Å². The largest absolute Gasteiger partial charge is 0.497 e. The molecular formula is C17H20INO2. The molecule has 1 N–H and O–H groups in total. The molecule has 2 rings (SSSR count). The van der Waals surface area contributed by atoms with Gasteiger partial charge in [-0.15, -0.1) is 0 Å². The molecule has 2 aromatic rings. The molecule has 0 aliphatic carbocycles. The van der Waals surface area contributed by atoms with Crippen molar-refractivity contribution in [3.8, 4) is 11.5 Å². The third-order valence-corrected chi connectivity index (χ3v) is 4.35. The molecule has 0 spiro atoms. The lowest BCUT2D eigenvalue weighted by Gasteiger charge is -2.23. The van der Waals surface area contributed by atoms with Gasteiger partial charge in [0.1, 0.15) is 11.5 Å². The van der Waals surface area contributed by atoms with Crippen LogP contribution in [-0.4, -0.2) is 20.8 Å². The van der Waals surface area contributed by atoms with Gasteiger partial charge in [0.15, 0.2) is 0 Å². The average Bonchev–Trinajstić information content (AvgIpc) is 2.53. The molecule has 0 radical (unpaired) electrons. The van der Waals surface area contributed by atoms with Gasteiger partial charge in [-0.05, 0) is 59.0 Å². The van der Waals surface area contributed by atoms with Crippen molar-refractivity contribution in [2.75, 3.05) is 20.8 Å². The van der Waals surface area contributed by atoms with Gasteiger partial charge >= 0.3 is 0 Å². The van der Waals surface area contributed by atoms with Crippen LogP contribution in [0.4, 0.5) is 0 Å². The van der Waals surface area contributed by atoms with Crippen molar-refractivity contribution in [2.45, 2.75) is 13.0 Å². The number of ether oxygens (including phenoxy) is 2. The maximum Gasteiger partial charge on any atom is 0.124 e. The third kappa shape index (κ3) is 3.68. The summed E-state index contributed by atoms with van der Waals surface area (Å²) in [5.74, 6) is 1.70. The maximum atomic E-state index is 5.54. The molecule has 112 valence electrons. The quantitative estimate of drug-likeness (QED) is 0.748. The van der Waals surface area contributed by atoms with Crippen LogP contribution in [-0.2, 0) is 0 Å². The fourth-order valence-corrected chi connectivity index (χ4v) is 3.06. The zero-order chi connectivity index (χ0) is 15.2. The zero-order valence-electron chi connectivity index (χ0n) is 12.5. The van der Waals surface area contributed by atoms with E-state index in [4.69, 9.17) is 9.47 Å². The van der Waals surface area contributed by atoms with E-state index in [9.17, 15) is 0 Å². The van der Waals surface area contributed by atoms with Crippen LogP contribution in [0, 0.1) is 3.57 Å². The van der Waals surface area contributed by atoms with Crippen LogP contribution < -0.4 is 14.8 Å². The van der Waals surface area contributed by atoms with Gasteiger partial charge in [0.25, 0.3) is 0 Å². The Hall–Kier alpha value is -1.27. The summed E-state index contributed by atoms with van der Waals surface area (Å²) < 4.78 is 12.1. The van der Waals surface area contributed by atoms with Gasteiger partial charge < -0.3 is 14.8 Å². The van der Waals surface area contributed by atoms with Gasteiger partial charge in [0.2, 0.25) is 0 Å². The van der Waals surface area contributed by atoms with Gasteiger partial charge in [0.05, 0.1) is 20.3 Å². The Bertz CT molecular complexity index is 601. The lowest BCUT2D eigenvalue weighted by molar-refractivity contribution is 0.394. The van der Waals surface area contributed by atoms with Crippen LogP contribution in [0.1, 0.15) is 24.1 Å². The first-order valence-electron chi connectivity index (χ1n) is 6.91. The molecule has 1 atom stereocenters. The second kappa shape index (κ2) is 7.66. The molecular weight excluding hydrogens is 377 g/mol. The summed E-state index contributed by atoms with van der Waals surface area (Å²) in [6, 6.07) is 14.4. The molecule has 0 aromatic heterocycles. The Morgan fingerprint density at radius 1 is 1.05 bits per heavy atom. The van der Waals surface area contributed by atoms with Gasteiger partial charge in [-0.1, -0.05) is 25.1 Å². The molecule has 0 amide bonds. The Labute approximate surface area is 139 Å². The Balaban J connectivity index is 2.54. The second-order valence-corrected chi connectivity index (χ2v) is 5.78. The van der Waals surface area contributed by atoms with E-state index < -0.39 is 0 Å². The standard InChI is InChI=1S/C17H20INO2/c1-4-19-17(13-7-5-6-8-15(13)18)14-11-12(20-2)9-10-16(14)21-3/h5-11,17,19H,4H2,1-3H3. The molecule has 0 heterocycles. The summed E-state index contributed by atoms with van der Waals surface area (Å²) in [6.07, 6.45) is 0. The molecule has 0 aliphatic heterocycles. The van der Waals surface area contributed by atoms with Crippen molar-refractivity contribution in [1.82, 2.24) is 5.32 Å². The van der Waals surface area contributed by atoms with Gasteiger partial charge in [0, 0.05) is 9.13 Å². The fourth-order valence-electron chi connectivity index (χ4n) is 2.37. The van der Waals surface area contributed by atoms with Crippen molar-refractivity contribution in [3.05, 3.63) is 57.2 Å². The normalized spacial score (nSPS) is 12.0. The number of nitrogens with one attached hydrogen (secondary N) is 1. The highest BCUT2D eigenvalue weighted by molar-refractivity contribution is 14.1. The van der Waals surface area contributed by atoms with Crippen LogP contribution in [0.25, 0.3) is 0 Å². The van der Waals surface area contributed by atoms with E-state index in [1.54, 1.807) is 14.2 Å². The fraction of sp³-hybridized carbons (Fsp3) is 0.294. The number of hydrogen-bond acceptors (Lipinski definition) is 3. The third-order valence-electron chi connectivity index (χ3n) is 3.37. The van der Waals surface area contributed by atoms with Crippen LogP contribution in [0.15, 0.2) is 42.5 Å². The first-order chi connectivity index (χ1) is 10.2. The van der Waals surface area contributed by atoms with Gasteiger partial charge in [-0.25, -0.2) is 0 Å². The predicted molar refractivity (Wildman–Crippen MR) is 94.2 cm³/mol. The summed E-state index contributed by atoms with van der Waals surface area (Å²) in [5.41, 5.74) is 2.33. The van der Waals surface area contributed by atoms with Crippen molar-refractivity contribution in [2.24, 2.45) is 0 Å². The highest BCUT2D eigenvalue weighted by atomic mass is 127. The maximum absolute atomic E-state index is 5.54. The number of benzene rings is 2.